The second-order valence-electron chi connectivity index (χ2n) is 2.96. The topological polar surface area (TPSA) is 30.7 Å². The Hall–Kier alpha value is -1.64. The Morgan fingerprint density at radius 1 is 1.13 bits per heavy atom. The van der Waals surface area contributed by atoms with Crippen LogP contribution in [-0.2, 0) is 6.54 Å². The highest BCUT2D eigenvalue weighted by atomic mass is 15.0. The second kappa shape index (κ2) is 5.96. The summed E-state index contributed by atoms with van der Waals surface area (Å²) in [5.41, 5.74) is 1.25. The third kappa shape index (κ3) is 3.20. The average Bonchev–Trinajstić information content (AvgIpc) is 2.69. The minimum absolute atomic E-state index is 0.869. The van der Waals surface area contributed by atoms with E-state index in [0.29, 0.717) is 0 Å². The molecule has 0 fully saturated rings. The first kappa shape index (κ1) is 11.4. The van der Waals surface area contributed by atoms with E-state index >= 15 is 0 Å². The van der Waals surface area contributed by atoms with E-state index in [2.05, 4.69) is 14.5 Å². The predicted octanol–water partition coefficient (Wildman–Crippen LogP) is 2.66. The molecule has 80 valence electrons. The van der Waals surface area contributed by atoms with Crippen LogP contribution in [0.5, 0.6) is 0 Å². The summed E-state index contributed by atoms with van der Waals surface area (Å²) in [5.74, 6) is 1.04. The van der Waals surface area contributed by atoms with Crippen LogP contribution >= 0.6 is 0 Å². The fourth-order valence-corrected chi connectivity index (χ4v) is 1.26. The predicted molar refractivity (Wildman–Crippen MR) is 61.7 cm³/mol. The monoisotopic (exact) mass is 203 g/mol. The molecule has 0 N–H and O–H groups in total. The molecular weight excluding hydrogens is 186 g/mol. The lowest BCUT2D eigenvalue weighted by atomic mass is 10.3. The number of imidazole rings is 1. The van der Waals surface area contributed by atoms with E-state index in [9.17, 15) is 0 Å². The average molecular weight is 203 g/mol. The number of pyridine rings is 1. The fourth-order valence-electron chi connectivity index (χ4n) is 1.26. The molecule has 0 amide bonds. The zero-order chi connectivity index (χ0) is 11.1. The molecule has 0 unspecified atom stereocenters. The van der Waals surface area contributed by atoms with Gasteiger partial charge in [-0.1, -0.05) is 13.8 Å². The Balaban J connectivity index is 0.000000531. The van der Waals surface area contributed by atoms with Gasteiger partial charge in [0.1, 0.15) is 5.82 Å². The molecule has 0 spiro atoms. The second-order valence-corrected chi connectivity index (χ2v) is 2.96. The maximum absolute atomic E-state index is 4.16. The van der Waals surface area contributed by atoms with Gasteiger partial charge in [-0.2, -0.15) is 0 Å². The van der Waals surface area contributed by atoms with Gasteiger partial charge >= 0.3 is 0 Å². The molecular formula is C12H17N3. The van der Waals surface area contributed by atoms with E-state index in [1.165, 1.54) is 5.56 Å². The Morgan fingerprint density at radius 3 is 2.33 bits per heavy atom. The van der Waals surface area contributed by atoms with E-state index in [1.807, 2.05) is 57.7 Å². The van der Waals surface area contributed by atoms with Crippen LogP contribution in [0.25, 0.3) is 0 Å². The van der Waals surface area contributed by atoms with Crippen LogP contribution in [0.4, 0.5) is 0 Å². The van der Waals surface area contributed by atoms with Crippen molar-refractivity contribution in [1.82, 2.24) is 14.5 Å². The van der Waals surface area contributed by atoms with Crippen molar-refractivity contribution in [3.63, 3.8) is 0 Å². The molecule has 0 bridgehead atoms. The molecule has 0 atom stereocenters. The Labute approximate surface area is 90.8 Å². The van der Waals surface area contributed by atoms with E-state index in [1.54, 1.807) is 0 Å². The molecule has 0 aliphatic heterocycles. The normalized spacial score (nSPS) is 9.27. The number of hydrogen-bond donors (Lipinski definition) is 0. The zero-order valence-electron chi connectivity index (χ0n) is 9.51. The molecule has 0 aliphatic carbocycles. The van der Waals surface area contributed by atoms with E-state index in [-0.39, 0.29) is 0 Å². The lowest BCUT2D eigenvalue weighted by Crippen LogP contribution is -2.00. The molecule has 0 aliphatic rings. The molecule has 2 heterocycles. The highest BCUT2D eigenvalue weighted by Crippen LogP contribution is 2.02. The maximum Gasteiger partial charge on any atom is 0.105 e. The molecule has 2 rings (SSSR count). The summed E-state index contributed by atoms with van der Waals surface area (Å²) >= 11 is 0. The standard InChI is InChI=1S/C10H11N3.C2H6/c1-9-12-6-7-13(9)8-10-2-4-11-5-3-10;1-2/h2-7H,8H2,1H3;1-2H3. The smallest absolute Gasteiger partial charge is 0.105 e. The lowest BCUT2D eigenvalue weighted by molar-refractivity contribution is 0.760. The van der Waals surface area contributed by atoms with Crippen molar-refractivity contribution in [2.24, 2.45) is 0 Å². The summed E-state index contributed by atoms with van der Waals surface area (Å²) < 4.78 is 2.11. The van der Waals surface area contributed by atoms with Gasteiger partial charge in [0.05, 0.1) is 0 Å². The van der Waals surface area contributed by atoms with Crippen molar-refractivity contribution in [3.05, 3.63) is 48.3 Å². The summed E-state index contributed by atoms with van der Waals surface area (Å²) in [7, 11) is 0. The Bertz CT molecular complexity index is 379. The molecule has 2 aromatic heterocycles. The van der Waals surface area contributed by atoms with Crippen molar-refractivity contribution >= 4 is 0 Å². The number of hydrogen-bond acceptors (Lipinski definition) is 2. The quantitative estimate of drug-likeness (QED) is 0.751. The maximum atomic E-state index is 4.16. The molecule has 15 heavy (non-hydrogen) atoms. The number of aromatic nitrogens is 3. The van der Waals surface area contributed by atoms with Gasteiger partial charge in [-0.05, 0) is 24.6 Å². The first-order valence-corrected chi connectivity index (χ1v) is 5.23. The number of rotatable bonds is 2. The van der Waals surface area contributed by atoms with Gasteiger partial charge in [-0.15, -0.1) is 0 Å². The Morgan fingerprint density at radius 2 is 1.80 bits per heavy atom. The molecule has 0 saturated carbocycles. The van der Waals surface area contributed by atoms with Gasteiger partial charge in [0, 0.05) is 31.3 Å². The molecule has 3 nitrogen and oxygen atoms in total. The van der Waals surface area contributed by atoms with Crippen molar-refractivity contribution in [2.45, 2.75) is 27.3 Å². The van der Waals surface area contributed by atoms with Crippen LogP contribution in [0.3, 0.4) is 0 Å². The van der Waals surface area contributed by atoms with Crippen molar-refractivity contribution < 1.29 is 0 Å². The minimum atomic E-state index is 0.869. The van der Waals surface area contributed by atoms with Crippen LogP contribution in [0.15, 0.2) is 36.9 Å². The van der Waals surface area contributed by atoms with Gasteiger partial charge in [0.25, 0.3) is 0 Å². The summed E-state index contributed by atoms with van der Waals surface area (Å²) in [6.07, 6.45) is 7.41. The summed E-state index contributed by atoms with van der Waals surface area (Å²) in [6, 6.07) is 4.03. The number of nitrogens with zero attached hydrogens (tertiary/aromatic N) is 3. The SMILES string of the molecule is CC.Cc1nccn1Cc1ccncc1. The zero-order valence-corrected chi connectivity index (χ0v) is 9.51. The van der Waals surface area contributed by atoms with E-state index < -0.39 is 0 Å². The van der Waals surface area contributed by atoms with Crippen LogP contribution in [0.1, 0.15) is 25.2 Å². The van der Waals surface area contributed by atoms with E-state index in [4.69, 9.17) is 0 Å². The van der Waals surface area contributed by atoms with Crippen molar-refractivity contribution in [1.29, 1.82) is 0 Å². The van der Waals surface area contributed by atoms with Gasteiger partial charge in [-0.3, -0.25) is 4.98 Å². The highest BCUT2D eigenvalue weighted by Gasteiger charge is 1.96. The highest BCUT2D eigenvalue weighted by molar-refractivity contribution is 5.11. The third-order valence-electron chi connectivity index (χ3n) is 2.03. The number of aryl methyl sites for hydroxylation is 1. The lowest BCUT2D eigenvalue weighted by Gasteiger charge is -2.03. The van der Waals surface area contributed by atoms with Gasteiger partial charge < -0.3 is 4.57 Å². The first-order valence-electron chi connectivity index (χ1n) is 5.23. The van der Waals surface area contributed by atoms with Crippen LogP contribution < -0.4 is 0 Å². The molecule has 0 radical (unpaired) electrons. The fraction of sp³-hybridized carbons (Fsp3) is 0.333. The summed E-state index contributed by atoms with van der Waals surface area (Å²) in [6.45, 7) is 6.87. The summed E-state index contributed by atoms with van der Waals surface area (Å²) in [4.78, 5) is 8.13. The van der Waals surface area contributed by atoms with Crippen LogP contribution in [0.2, 0.25) is 0 Å². The van der Waals surface area contributed by atoms with Gasteiger partial charge in [0.2, 0.25) is 0 Å². The van der Waals surface area contributed by atoms with Crippen LogP contribution in [0, 0.1) is 6.92 Å². The molecule has 3 heteroatoms. The van der Waals surface area contributed by atoms with Gasteiger partial charge in [0.15, 0.2) is 0 Å². The van der Waals surface area contributed by atoms with Crippen LogP contribution in [-0.4, -0.2) is 14.5 Å². The molecule has 0 saturated heterocycles. The first-order chi connectivity index (χ1) is 7.36. The minimum Gasteiger partial charge on any atom is -0.331 e. The largest absolute Gasteiger partial charge is 0.331 e. The van der Waals surface area contributed by atoms with Crippen molar-refractivity contribution in [3.8, 4) is 0 Å². The van der Waals surface area contributed by atoms with E-state index in [0.717, 1.165) is 12.4 Å². The summed E-state index contributed by atoms with van der Waals surface area (Å²) in [5, 5.41) is 0. The molecule has 0 aromatic carbocycles. The third-order valence-corrected chi connectivity index (χ3v) is 2.03. The Kier molecular flexibility index (Phi) is 4.54. The molecule has 2 aromatic rings. The van der Waals surface area contributed by atoms with Crippen molar-refractivity contribution in [2.75, 3.05) is 0 Å². The van der Waals surface area contributed by atoms with Gasteiger partial charge in [-0.25, -0.2) is 4.98 Å².